The molecule has 1 aromatic rings. The Kier molecular flexibility index (Phi) is 4.46. The summed E-state index contributed by atoms with van der Waals surface area (Å²) in [4.78, 5) is 10.1. The first kappa shape index (κ1) is 13.5. The van der Waals surface area contributed by atoms with Crippen molar-refractivity contribution in [2.75, 3.05) is 20.3 Å². The van der Waals surface area contributed by atoms with Gasteiger partial charge in [0, 0.05) is 25.8 Å². The molecule has 0 bridgehead atoms. The van der Waals surface area contributed by atoms with Crippen LogP contribution in [0, 0.1) is 10.1 Å². The number of hydrazone groups is 1. The quantitative estimate of drug-likeness (QED) is 0.463. The Morgan fingerprint density at radius 1 is 1.53 bits per heavy atom. The second-order valence-corrected chi connectivity index (χ2v) is 4.51. The van der Waals surface area contributed by atoms with E-state index in [9.17, 15) is 10.1 Å². The summed E-state index contributed by atoms with van der Waals surface area (Å²) in [7, 11) is 1.69. The predicted octanol–water partition coefficient (Wildman–Crippen LogP) is 2.04. The van der Waals surface area contributed by atoms with Gasteiger partial charge in [-0.15, -0.1) is 0 Å². The predicted molar refractivity (Wildman–Crippen MR) is 72.3 cm³/mol. The molecule has 1 aliphatic heterocycles. The Morgan fingerprint density at radius 3 is 2.89 bits per heavy atom. The average Bonchev–Trinajstić information content (AvgIpc) is 2.85. The van der Waals surface area contributed by atoms with Crippen molar-refractivity contribution in [2.24, 2.45) is 5.10 Å². The molecule has 6 nitrogen and oxygen atoms in total. The van der Waals surface area contributed by atoms with E-state index in [0.29, 0.717) is 12.6 Å². The van der Waals surface area contributed by atoms with Gasteiger partial charge in [0.1, 0.15) is 0 Å². The minimum absolute atomic E-state index is 0.0931. The number of ether oxygens (including phenoxy) is 1. The molecule has 0 radical (unpaired) electrons. The molecule has 0 spiro atoms. The van der Waals surface area contributed by atoms with E-state index in [4.69, 9.17) is 4.74 Å². The van der Waals surface area contributed by atoms with E-state index in [1.807, 2.05) is 5.01 Å². The third kappa shape index (κ3) is 3.51. The van der Waals surface area contributed by atoms with Crippen LogP contribution in [0.4, 0.5) is 5.69 Å². The fourth-order valence-electron chi connectivity index (χ4n) is 2.16. The van der Waals surface area contributed by atoms with Gasteiger partial charge in [0.25, 0.3) is 5.69 Å². The summed E-state index contributed by atoms with van der Waals surface area (Å²) >= 11 is 0. The molecule has 102 valence electrons. The van der Waals surface area contributed by atoms with Gasteiger partial charge < -0.3 is 4.74 Å². The Hall–Kier alpha value is -1.95. The molecule has 0 aliphatic carbocycles. The number of nitro benzene ring substituents is 1. The fraction of sp³-hybridized carbons (Fsp3) is 0.462. The summed E-state index contributed by atoms with van der Waals surface area (Å²) in [6.45, 7) is 1.61. The standard InChI is InChI=1S/C13H17N3O3/c1-19-10-13-3-2-8-15(13)14-9-11-4-6-12(7-5-11)16(17)18/h4-7,9,13H,2-3,8,10H2,1H3/b14-9+/t13-/m0/s1. The molecule has 19 heavy (non-hydrogen) atoms. The van der Waals surface area contributed by atoms with Gasteiger partial charge in [-0.25, -0.2) is 0 Å². The van der Waals surface area contributed by atoms with E-state index >= 15 is 0 Å². The molecule has 6 heteroatoms. The molecule has 1 aliphatic rings. The van der Waals surface area contributed by atoms with Gasteiger partial charge in [-0.1, -0.05) is 0 Å². The molecular weight excluding hydrogens is 246 g/mol. The Morgan fingerprint density at radius 2 is 2.26 bits per heavy atom. The minimum Gasteiger partial charge on any atom is -0.382 e. The summed E-state index contributed by atoms with van der Waals surface area (Å²) in [6.07, 6.45) is 3.94. The lowest BCUT2D eigenvalue weighted by Gasteiger charge is -2.20. The first-order valence-electron chi connectivity index (χ1n) is 6.24. The molecular formula is C13H17N3O3. The number of benzene rings is 1. The highest BCUT2D eigenvalue weighted by Crippen LogP contribution is 2.17. The van der Waals surface area contributed by atoms with E-state index in [0.717, 1.165) is 24.9 Å². The molecule has 0 saturated carbocycles. The van der Waals surface area contributed by atoms with Gasteiger partial charge in [0.05, 0.1) is 23.8 Å². The fourth-order valence-corrected chi connectivity index (χ4v) is 2.16. The molecule has 1 fully saturated rings. The third-order valence-corrected chi connectivity index (χ3v) is 3.16. The molecule has 1 heterocycles. The first-order chi connectivity index (χ1) is 9.20. The topological polar surface area (TPSA) is 68.0 Å². The minimum atomic E-state index is -0.407. The van der Waals surface area contributed by atoms with Gasteiger partial charge in [-0.3, -0.25) is 15.1 Å². The van der Waals surface area contributed by atoms with Crippen LogP contribution >= 0.6 is 0 Å². The van der Waals surface area contributed by atoms with Crippen molar-refractivity contribution in [2.45, 2.75) is 18.9 Å². The highest BCUT2D eigenvalue weighted by molar-refractivity contribution is 5.79. The van der Waals surface area contributed by atoms with E-state index < -0.39 is 4.92 Å². The van der Waals surface area contributed by atoms with Gasteiger partial charge in [0.15, 0.2) is 0 Å². The van der Waals surface area contributed by atoms with Crippen LogP contribution < -0.4 is 0 Å². The van der Waals surface area contributed by atoms with Crippen molar-refractivity contribution < 1.29 is 9.66 Å². The maximum absolute atomic E-state index is 10.5. The maximum atomic E-state index is 10.5. The van der Waals surface area contributed by atoms with Crippen LogP contribution in [0.2, 0.25) is 0 Å². The van der Waals surface area contributed by atoms with Crippen LogP contribution in [0.25, 0.3) is 0 Å². The largest absolute Gasteiger partial charge is 0.382 e. The smallest absolute Gasteiger partial charge is 0.269 e. The van der Waals surface area contributed by atoms with Crippen molar-refractivity contribution in [1.82, 2.24) is 5.01 Å². The van der Waals surface area contributed by atoms with E-state index in [2.05, 4.69) is 5.10 Å². The SMILES string of the molecule is COC[C@@H]1CCCN1/N=C/c1ccc([N+](=O)[O-])cc1. The van der Waals surface area contributed by atoms with Crippen molar-refractivity contribution >= 4 is 11.9 Å². The zero-order valence-corrected chi connectivity index (χ0v) is 10.9. The van der Waals surface area contributed by atoms with Crippen LogP contribution in [0.1, 0.15) is 18.4 Å². The summed E-state index contributed by atoms with van der Waals surface area (Å²) in [5, 5.41) is 17.0. The zero-order chi connectivity index (χ0) is 13.7. The monoisotopic (exact) mass is 263 g/mol. The number of nitro groups is 1. The van der Waals surface area contributed by atoms with Crippen molar-refractivity contribution in [3.63, 3.8) is 0 Å². The number of nitrogens with zero attached hydrogens (tertiary/aromatic N) is 3. The molecule has 1 atom stereocenters. The summed E-state index contributed by atoms with van der Waals surface area (Å²) in [5.74, 6) is 0. The number of methoxy groups -OCH3 is 1. The number of non-ortho nitro benzene ring substituents is 1. The zero-order valence-electron chi connectivity index (χ0n) is 10.9. The van der Waals surface area contributed by atoms with Gasteiger partial charge in [-0.05, 0) is 30.5 Å². The number of hydrogen-bond acceptors (Lipinski definition) is 5. The summed E-state index contributed by atoms with van der Waals surface area (Å²) < 4.78 is 5.16. The van der Waals surface area contributed by atoms with Crippen molar-refractivity contribution in [3.8, 4) is 0 Å². The van der Waals surface area contributed by atoms with Crippen LogP contribution in [0.3, 0.4) is 0 Å². The number of hydrogen-bond donors (Lipinski definition) is 0. The Bertz CT molecular complexity index is 459. The summed E-state index contributed by atoms with van der Waals surface area (Å²) in [6, 6.07) is 6.70. The highest BCUT2D eigenvalue weighted by atomic mass is 16.6. The van der Waals surface area contributed by atoms with Crippen LogP contribution in [0.15, 0.2) is 29.4 Å². The van der Waals surface area contributed by atoms with Crippen LogP contribution in [-0.2, 0) is 4.74 Å². The van der Waals surface area contributed by atoms with Crippen molar-refractivity contribution in [3.05, 3.63) is 39.9 Å². The highest BCUT2D eigenvalue weighted by Gasteiger charge is 2.22. The molecule has 0 N–H and O–H groups in total. The Balaban J connectivity index is 1.99. The average molecular weight is 263 g/mol. The van der Waals surface area contributed by atoms with Crippen LogP contribution in [-0.4, -0.2) is 42.5 Å². The lowest BCUT2D eigenvalue weighted by Crippen LogP contribution is -2.28. The number of rotatable bonds is 5. The third-order valence-electron chi connectivity index (χ3n) is 3.16. The molecule has 1 aromatic carbocycles. The molecule has 1 saturated heterocycles. The Labute approximate surface area is 111 Å². The lowest BCUT2D eigenvalue weighted by molar-refractivity contribution is -0.384. The maximum Gasteiger partial charge on any atom is 0.269 e. The summed E-state index contributed by atoms with van der Waals surface area (Å²) in [5.41, 5.74) is 0.948. The molecule has 0 unspecified atom stereocenters. The molecule has 2 rings (SSSR count). The normalized spacial score (nSPS) is 19.2. The molecule has 0 aromatic heterocycles. The van der Waals surface area contributed by atoms with Crippen LogP contribution in [0.5, 0.6) is 0 Å². The second kappa shape index (κ2) is 6.29. The lowest BCUT2D eigenvalue weighted by atomic mass is 10.2. The molecule has 0 amide bonds. The second-order valence-electron chi connectivity index (χ2n) is 4.51. The van der Waals surface area contributed by atoms with E-state index in [-0.39, 0.29) is 5.69 Å². The van der Waals surface area contributed by atoms with E-state index in [1.54, 1.807) is 25.5 Å². The van der Waals surface area contributed by atoms with Gasteiger partial charge in [-0.2, -0.15) is 5.10 Å². The van der Waals surface area contributed by atoms with Gasteiger partial charge in [0.2, 0.25) is 0 Å². The van der Waals surface area contributed by atoms with Crippen molar-refractivity contribution in [1.29, 1.82) is 0 Å². The van der Waals surface area contributed by atoms with E-state index in [1.165, 1.54) is 12.1 Å². The van der Waals surface area contributed by atoms with Gasteiger partial charge >= 0.3 is 0 Å². The first-order valence-corrected chi connectivity index (χ1v) is 6.24.